The summed E-state index contributed by atoms with van der Waals surface area (Å²) in [4.78, 5) is 22.2. The summed E-state index contributed by atoms with van der Waals surface area (Å²) in [6.07, 6.45) is -0.555. The smallest absolute Gasteiger partial charge is 0.265 e. The molecule has 0 fully saturated rings. The minimum atomic E-state index is -0.555. The van der Waals surface area contributed by atoms with Gasteiger partial charge in [0.2, 0.25) is 5.91 Å². The van der Waals surface area contributed by atoms with Gasteiger partial charge in [0.15, 0.2) is 6.10 Å². The quantitative estimate of drug-likeness (QED) is 0.702. The van der Waals surface area contributed by atoms with E-state index in [1.807, 2.05) is 0 Å². The highest BCUT2D eigenvalue weighted by atomic mass is 16.5. The maximum absolute atomic E-state index is 11.2. The monoisotopic (exact) mass is 206 g/mol. The van der Waals surface area contributed by atoms with Gasteiger partial charge in [0.05, 0.1) is 5.69 Å². The van der Waals surface area contributed by atoms with E-state index in [0.29, 0.717) is 17.0 Å². The fourth-order valence-corrected chi connectivity index (χ4v) is 1.35. The Labute approximate surface area is 86.2 Å². The normalized spacial score (nSPS) is 18.7. The van der Waals surface area contributed by atoms with Crippen LogP contribution in [0.4, 0.5) is 5.69 Å². The average Bonchev–Trinajstić information content (AvgIpc) is 2.19. The maximum atomic E-state index is 11.2. The molecule has 0 saturated heterocycles. The number of primary amides is 1. The molecule has 0 saturated carbocycles. The van der Waals surface area contributed by atoms with E-state index in [-0.39, 0.29) is 5.91 Å². The third-order valence-electron chi connectivity index (χ3n) is 2.20. The predicted molar refractivity (Wildman–Crippen MR) is 53.7 cm³/mol. The Bertz CT molecular complexity index is 442. The van der Waals surface area contributed by atoms with Crippen LogP contribution in [0.5, 0.6) is 5.75 Å². The molecule has 15 heavy (non-hydrogen) atoms. The number of amides is 2. The first-order valence-corrected chi connectivity index (χ1v) is 4.49. The van der Waals surface area contributed by atoms with Crippen molar-refractivity contribution in [3.63, 3.8) is 0 Å². The molecule has 3 N–H and O–H groups in total. The molecule has 1 atom stereocenters. The van der Waals surface area contributed by atoms with Crippen molar-refractivity contribution >= 4 is 17.5 Å². The molecule has 1 heterocycles. The molecule has 0 spiro atoms. The highest BCUT2D eigenvalue weighted by molar-refractivity contribution is 5.99. The standard InChI is InChI=1S/C10H10N2O3/c1-5-10(14)12-7-3-2-6(9(11)13)4-8(7)15-5/h2-5H,1H3,(H2,11,13)(H,12,14). The van der Waals surface area contributed by atoms with Crippen LogP contribution in [0.15, 0.2) is 18.2 Å². The molecule has 5 heteroatoms. The fourth-order valence-electron chi connectivity index (χ4n) is 1.35. The third kappa shape index (κ3) is 1.63. The molecular formula is C10H10N2O3. The Kier molecular flexibility index (Phi) is 2.07. The zero-order valence-electron chi connectivity index (χ0n) is 8.11. The van der Waals surface area contributed by atoms with Crippen molar-refractivity contribution in [2.24, 2.45) is 5.73 Å². The van der Waals surface area contributed by atoms with E-state index in [2.05, 4.69) is 5.32 Å². The summed E-state index contributed by atoms with van der Waals surface area (Å²) >= 11 is 0. The Morgan fingerprint density at radius 3 is 2.93 bits per heavy atom. The molecule has 0 bridgehead atoms. The first-order chi connectivity index (χ1) is 7.08. The van der Waals surface area contributed by atoms with Crippen LogP contribution in [0.2, 0.25) is 0 Å². The number of hydrogen-bond acceptors (Lipinski definition) is 3. The number of carbonyl (C=O) groups is 2. The summed E-state index contributed by atoms with van der Waals surface area (Å²) < 4.78 is 5.32. The highest BCUT2D eigenvalue weighted by Crippen LogP contribution is 2.30. The molecule has 1 aromatic rings. The van der Waals surface area contributed by atoms with E-state index in [9.17, 15) is 9.59 Å². The molecule has 0 aromatic heterocycles. The summed E-state index contributed by atoms with van der Waals surface area (Å²) in [7, 11) is 0. The first kappa shape index (κ1) is 9.51. The minimum absolute atomic E-state index is 0.200. The number of benzene rings is 1. The number of fused-ring (bicyclic) bond motifs is 1. The lowest BCUT2D eigenvalue weighted by Gasteiger charge is -2.23. The predicted octanol–water partition coefficient (Wildman–Crippen LogP) is 0.505. The summed E-state index contributed by atoms with van der Waals surface area (Å²) in [5, 5.41) is 2.66. The Hall–Kier alpha value is -2.04. The molecular weight excluding hydrogens is 196 g/mol. The number of carbonyl (C=O) groups excluding carboxylic acids is 2. The Morgan fingerprint density at radius 1 is 1.53 bits per heavy atom. The molecule has 0 aliphatic carbocycles. The second-order valence-corrected chi connectivity index (χ2v) is 3.32. The highest BCUT2D eigenvalue weighted by Gasteiger charge is 2.23. The van der Waals surface area contributed by atoms with Gasteiger partial charge in [0.1, 0.15) is 5.75 Å². The van der Waals surface area contributed by atoms with Crippen LogP contribution in [-0.4, -0.2) is 17.9 Å². The van der Waals surface area contributed by atoms with Crippen molar-refractivity contribution < 1.29 is 14.3 Å². The topological polar surface area (TPSA) is 81.4 Å². The van der Waals surface area contributed by atoms with Crippen molar-refractivity contribution in [2.75, 3.05) is 5.32 Å². The van der Waals surface area contributed by atoms with Crippen LogP contribution in [0.1, 0.15) is 17.3 Å². The molecule has 1 aromatic carbocycles. The van der Waals surface area contributed by atoms with E-state index in [1.54, 1.807) is 19.1 Å². The molecule has 1 unspecified atom stereocenters. The van der Waals surface area contributed by atoms with Gasteiger partial charge in [-0.15, -0.1) is 0 Å². The van der Waals surface area contributed by atoms with Crippen LogP contribution >= 0.6 is 0 Å². The SMILES string of the molecule is CC1Oc2cc(C(N)=O)ccc2NC1=O. The summed E-state index contributed by atoms with van der Waals surface area (Å²) in [6, 6.07) is 4.66. The van der Waals surface area contributed by atoms with Gasteiger partial charge in [0, 0.05) is 5.56 Å². The van der Waals surface area contributed by atoms with Gasteiger partial charge >= 0.3 is 0 Å². The summed E-state index contributed by atoms with van der Waals surface area (Å²) in [6.45, 7) is 1.63. The molecule has 0 radical (unpaired) electrons. The number of nitrogens with two attached hydrogens (primary N) is 1. The molecule has 5 nitrogen and oxygen atoms in total. The maximum Gasteiger partial charge on any atom is 0.265 e. The van der Waals surface area contributed by atoms with Gasteiger partial charge in [-0.25, -0.2) is 0 Å². The van der Waals surface area contributed by atoms with Crippen LogP contribution < -0.4 is 15.8 Å². The van der Waals surface area contributed by atoms with Crippen molar-refractivity contribution in [1.82, 2.24) is 0 Å². The fraction of sp³-hybridized carbons (Fsp3) is 0.200. The summed E-state index contributed by atoms with van der Waals surface area (Å²) in [5.74, 6) is -0.251. The lowest BCUT2D eigenvalue weighted by Crippen LogP contribution is -2.34. The van der Waals surface area contributed by atoms with E-state index in [4.69, 9.17) is 10.5 Å². The van der Waals surface area contributed by atoms with Crippen LogP contribution in [0.3, 0.4) is 0 Å². The molecule has 2 rings (SSSR count). The van der Waals surface area contributed by atoms with Gasteiger partial charge in [-0.1, -0.05) is 0 Å². The van der Waals surface area contributed by atoms with Crippen LogP contribution in [0, 0.1) is 0 Å². The minimum Gasteiger partial charge on any atom is -0.479 e. The number of rotatable bonds is 1. The van der Waals surface area contributed by atoms with Crippen LogP contribution in [-0.2, 0) is 4.79 Å². The largest absolute Gasteiger partial charge is 0.479 e. The van der Waals surface area contributed by atoms with Gasteiger partial charge in [-0.2, -0.15) is 0 Å². The van der Waals surface area contributed by atoms with Crippen molar-refractivity contribution in [3.05, 3.63) is 23.8 Å². The number of hydrogen-bond donors (Lipinski definition) is 2. The number of anilines is 1. The molecule has 1 aliphatic heterocycles. The van der Waals surface area contributed by atoms with Crippen LogP contribution in [0.25, 0.3) is 0 Å². The lowest BCUT2D eigenvalue weighted by atomic mass is 10.1. The van der Waals surface area contributed by atoms with E-state index in [0.717, 1.165) is 0 Å². The number of nitrogens with one attached hydrogen (secondary N) is 1. The lowest BCUT2D eigenvalue weighted by molar-refractivity contribution is -0.122. The Balaban J connectivity index is 2.41. The number of ether oxygens (including phenoxy) is 1. The average molecular weight is 206 g/mol. The zero-order valence-corrected chi connectivity index (χ0v) is 8.11. The zero-order chi connectivity index (χ0) is 11.0. The van der Waals surface area contributed by atoms with Gasteiger partial charge in [-0.05, 0) is 25.1 Å². The molecule has 2 amide bonds. The second kappa shape index (κ2) is 3.27. The van der Waals surface area contributed by atoms with Crippen molar-refractivity contribution in [1.29, 1.82) is 0 Å². The van der Waals surface area contributed by atoms with E-state index < -0.39 is 12.0 Å². The van der Waals surface area contributed by atoms with Crippen molar-refractivity contribution in [3.8, 4) is 5.75 Å². The van der Waals surface area contributed by atoms with Gasteiger partial charge < -0.3 is 15.8 Å². The second-order valence-electron chi connectivity index (χ2n) is 3.32. The van der Waals surface area contributed by atoms with Gasteiger partial charge in [0.25, 0.3) is 5.91 Å². The first-order valence-electron chi connectivity index (χ1n) is 4.49. The van der Waals surface area contributed by atoms with E-state index in [1.165, 1.54) is 6.07 Å². The van der Waals surface area contributed by atoms with E-state index >= 15 is 0 Å². The molecule has 1 aliphatic rings. The summed E-state index contributed by atoms with van der Waals surface area (Å²) in [5.41, 5.74) is 6.04. The Morgan fingerprint density at radius 2 is 2.27 bits per heavy atom. The van der Waals surface area contributed by atoms with Gasteiger partial charge in [-0.3, -0.25) is 9.59 Å². The van der Waals surface area contributed by atoms with Crippen molar-refractivity contribution in [2.45, 2.75) is 13.0 Å². The third-order valence-corrected chi connectivity index (χ3v) is 2.20. The molecule has 78 valence electrons.